The summed E-state index contributed by atoms with van der Waals surface area (Å²) < 4.78 is 32.8. The number of carboxylic acid groups (broad SMARTS) is 1. The van der Waals surface area contributed by atoms with Gasteiger partial charge in [0.15, 0.2) is 5.82 Å². The number of hydrogen-bond acceptors (Lipinski definition) is 8. The number of nitrogens with zero attached hydrogens (tertiary/aromatic N) is 2. The highest BCUT2D eigenvalue weighted by molar-refractivity contribution is 7.89. The van der Waals surface area contributed by atoms with Crippen molar-refractivity contribution in [2.45, 2.75) is 62.8 Å². The van der Waals surface area contributed by atoms with Crippen molar-refractivity contribution in [2.24, 2.45) is 11.8 Å². The predicted molar refractivity (Wildman–Crippen MR) is 193 cm³/mol. The summed E-state index contributed by atoms with van der Waals surface area (Å²) >= 11 is 0. The van der Waals surface area contributed by atoms with Crippen LogP contribution in [0, 0.1) is 18.8 Å². The minimum atomic E-state index is -3.63. The van der Waals surface area contributed by atoms with E-state index < -0.39 is 33.8 Å². The smallest absolute Gasteiger partial charge is 0.439 e. The zero-order valence-electron chi connectivity index (χ0n) is 28.8. The van der Waals surface area contributed by atoms with Crippen molar-refractivity contribution in [2.75, 3.05) is 25.0 Å². The van der Waals surface area contributed by atoms with Gasteiger partial charge in [-0.25, -0.2) is 18.0 Å². The maximum Gasteiger partial charge on any atom is 0.439 e. The molecule has 52 heavy (non-hydrogen) atoms. The van der Waals surface area contributed by atoms with Crippen LogP contribution in [-0.2, 0) is 26.0 Å². The molecule has 2 heterocycles. The molecule has 0 bridgehead atoms. The van der Waals surface area contributed by atoms with Gasteiger partial charge in [-0.05, 0) is 110 Å². The Morgan fingerprint density at radius 1 is 0.981 bits per heavy atom. The summed E-state index contributed by atoms with van der Waals surface area (Å²) in [5.41, 5.74) is 4.24. The van der Waals surface area contributed by atoms with Crippen LogP contribution in [0.5, 0.6) is 0 Å². The first kappa shape index (κ1) is 36.5. The molecule has 1 saturated carbocycles. The van der Waals surface area contributed by atoms with E-state index in [2.05, 4.69) is 30.6 Å². The van der Waals surface area contributed by atoms with Gasteiger partial charge >= 0.3 is 11.8 Å². The van der Waals surface area contributed by atoms with Gasteiger partial charge in [0.05, 0.1) is 4.90 Å². The molecule has 274 valence electrons. The third-order valence-electron chi connectivity index (χ3n) is 9.85. The molecular formula is C37H42N6O8S. The molecule has 3 aromatic carbocycles. The van der Waals surface area contributed by atoms with Crippen molar-refractivity contribution < 1.29 is 32.4 Å². The van der Waals surface area contributed by atoms with Crippen LogP contribution in [0.2, 0.25) is 0 Å². The molecular weight excluding hydrogens is 689 g/mol. The van der Waals surface area contributed by atoms with Crippen LogP contribution >= 0.6 is 0 Å². The number of carbonyl (C=O) groups excluding carboxylic acids is 2. The number of aromatic amines is 1. The number of H-pyrrole nitrogens is 1. The Morgan fingerprint density at radius 3 is 2.38 bits per heavy atom. The molecule has 0 radical (unpaired) electrons. The van der Waals surface area contributed by atoms with Crippen LogP contribution in [0.4, 0.5) is 10.5 Å². The Hall–Kier alpha value is -5.28. The number of sulfonamides is 1. The molecule has 1 atom stereocenters. The maximum atomic E-state index is 13.8. The third kappa shape index (κ3) is 8.77. The molecule has 5 N–H and O–H groups in total. The minimum Gasteiger partial charge on any atom is -0.465 e. The summed E-state index contributed by atoms with van der Waals surface area (Å²) in [6, 6.07) is 18.3. The van der Waals surface area contributed by atoms with Crippen LogP contribution in [0.3, 0.4) is 0 Å². The van der Waals surface area contributed by atoms with Gasteiger partial charge in [-0.15, -0.1) is 0 Å². The van der Waals surface area contributed by atoms with Gasteiger partial charge in [-0.1, -0.05) is 35.5 Å². The van der Waals surface area contributed by atoms with Crippen LogP contribution in [0.1, 0.15) is 49.7 Å². The number of aromatic nitrogens is 2. The van der Waals surface area contributed by atoms with Gasteiger partial charge in [-0.3, -0.25) is 19.1 Å². The number of benzene rings is 3. The first-order valence-electron chi connectivity index (χ1n) is 17.4. The van der Waals surface area contributed by atoms with Crippen molar-refractivity contribution >= 4 is 33.6 Å². The number of amides is 3. The van der Waals surface area contributed by atoms with Gasteiger partial charge in [0.25, 0.3) is 0 Å². The Labute approximate surface area is 301 Å². The third-order valence-corrected chi connectivity index (χ3v) is 11.7. The molecule has 2 aliphatic rings. The molecule has 0 unspecified atom stereocenters. The summed E-state index contributed by atoms with van der Waals surface area (Å²) in [4.78, 5) is 52.5. The maximum absolute atomic E-state index is 13.8. The highest BCUT2D eigenvalue weighted by Crippen LogP contribution is 2.31. The van der Waals surface area contributed by atoms with Crippen molar-refractivity contribution in [3.8, 4) is 22.5 Å². The Morgan fingerprint density at radius 2 is 1.71 bits per heavy atom. The first-order valence-corrected chi connectivity index (χ1v) is 18.8. The lowest BCUT2D eigenvalue weighted by atomic mass is 9.81. The largest absolute Gasteiger partial charge is 0.465 e. The summed E-state index contributed by atoms with van der Waals surface area (Å²) in [7, 11) is -3.63. The normalized spacial score (nSPS) is 18.4. The molecule has 1 aromatic heterocycles. The van der Waals surface area contributed by atoms with E-state index in [-0.39, 0.29) is 34.9 Å². The van der Waals surface area contributed by atoms with Gasteiger partial charge in [-0.2, -0.15) is 4.31 Å². The standard InChI is InChI=1S/C37H42N6O8S/c1-23-7-16-30(52(49,50)43-17-2-3-18-43)21-31(23)28-6-4-5-25(19-28)20-32(40-34(44)27-10-8-24(9-11-27)22-38-36(46)47)35(45)39-29-14-12-26(13-15-29)33-41-37(48)51-42-33/h4-7,12-16,19,21,24,27,32,38H,2-3,8-11,17-18,20,22H2,1H3,(H,39,45)(H,40,44)(H,46,47)(H,41,42,48)/t24?,27?,32-/m0/s1. The zero-order chi connectivity index (χ0) is 36.8. The molecule has 6 rings (SSSR count). The minimum absolute atomic E-state index is 0.146. The molecule has 15 heteroatoms. The fraction of sp³-hybridized carbons (Fsp3) is 0.378. The number of anilines is 1. The van der Waals surface area contributed by atoms with E-state index >= 15 is 0 Å². The Balaban J connectivity index is 1.21. The van der Waals surface area contributed by atoms with E-state index in [1.165, 1.54) is 4.31 Å². The SMILES string of the molecule is Cc1ccc(S(=O)(=O)N2CCCC2)cc1-c1cccc(C[C@H](NC(=O)C2CCC(CNC(=O)O)CC2)C(=O)Nc2ccc(-c3noc(=O)[nH]3)cc2)c1. The summed E-state index contributed by atoms with van der Waals surface area (Å²) in [5.74, 6) is -1.30. The van der Waals surface area contributed by atoms with Crippen LogP contribution in [0.15, 0.2) is 80.9 Å². The second-order valence-electron chi connectivity index (χ2n) is 13.5. The molecule has 4 aromatic rings. The highest BCUT2D eigenvalue weighted by atomic mass is 32.2. The number of carbonyl (C=O) groups is 3. The van der Waals surface area contributed by atoms with Gasteiger partial charge in [0.1, 0.15) is 6.04 Å². The molecule has 2 fully saturated rings. The number of hydrogen-bond donors (Lipinski definition) is 5. The lowest BCUT2D eigenvalue weighted by molar-refractivity contribution is -0.130. The van der Waals surface area contributed by atoms with Crippen molar-refractivity contribution in [1.29, 1.82) is 0 Å². The molecule has 1 aliphatic carbocycles. The van der Waals surface area contributed by atoms with E-state index in [9.17, 15) is 27.6 Å². The second-order valence-corrected chi connectivity index (χ2v) is 15.4. The van der Waals surface area contributed by atoms with E-state index in [1.54, 1.807) is 42.5 Å². The monoisotopic (exact) mass is 730 g/mol. The summed E-state index contributed by atoms with van der Waals surface area (Å²) in [6.45, 7) is 3.27. The lowest BCUT2D eigenvalue weighted by Gasteiger charge is -2.29. The molecule has 1 aliphatic heterocycles. The summed E-state index contributed by atoms with van der Waals surface area (Å²) in [5, 5.41) is 20.9. The molecule has 1 saturated heterocycles. The van der Waals surface area contributed by atoms with Crippen molar-refractivity contribution in [3.05, 3.63) is 88.4 Å². The second kappa shape index (κ2) is 15.9. The average molecular weight is 731 g/mol. The predicted octanol–water partition coefficient (Wildman–Crippen LogP) is 4.53. The van der Waals surface area contributed by atoms with E-state index in [0.717, 1.165) is 35.1 Å². The van der Waals surface area contributed by atoms with Crippen molar-refractivity contribution in [3.63, 3.8) is 0 Å². The first-order chi connectivity index (χ1) is 25.0. The highest BCUT2D eigenvalue weighted by Gasteiger charge is 2.31. The molecule has 3 amide bonds. The van der Waals surface area contributed by atoms with Crippen molar-refractivity contribution in [1.82, 2.24) is 25.1 Å². The topological polar surface area (TPSA) is 204 Å². The fourth-order valence-electron chi connectivity index (χ4n) is 6.91. The van der Waals surface area contributed by atoms with Crippen LogP contribution < -0.4 is 21.7 Å². The summed E-state index contributed by atoms with van der Waals surface area (Å²) in [6.07, 6.45) is 3.28. The van der Waals surface area contributed by atoms with Gasteiger partial charge in [0.2, 0.25) is 21.8 Å². The Bertz CT molecular complexity index is 2080. The number of nitrogens with one attached hydrogen (secondary N) is 4. The van der Waals surface area contributed by atoms with E-state index in [4.69, 9.17) is 5.11 Å². The number of rotatable bonds is 12. The van der Waals surface area contributed by atoms with Gasteiger partial charge < -0.3 is 21.1 Å². The quantitative estimate of drug-likeness (QED) is 0.139. The molecule has 14 nitrogen and oxygen atoms in total. The average Bonchev–Trinajstić information content (AvgIpc) is 3.84. The lowest BCUT2D eigenvalue weighted by Crippen LogP contribution is -2.48. The number of aryl methyl sites for hydroxylation is 1. The fourth-order valence-corrected chi connectivity index (χ4v) is 8.45. The van der Waals surface area contributed by atoms with E-state index in [0.29, 0.717) is 56.6 Å². The van der Waals surface area contributed by atoms with Crippen LogP contribution in [0.25, 0.3) is 22.5 Å². The van der Waals surface area contributed by atoms with Crippen LogP contribution in [-0.4, -0.2) is 71.6 Å². The molecule has 0 spiro atoms. The van der Waals surface area contributed by atoms with Gasteiger partial charge in [0, 0.05) is 43.2 Å². The van der Waals surface area contributed by atoms with E-state index in [1.807, 2.05) is 31.2 Å². The Kier molecular flexibility index (Phi) is 11.2. The zero-order valence-corrected chi connectivity index (χ0v) is 29.6.